The van der Waals surface area contributed by atoms with Crippen LogP contribution in [0.25, 0.3) is 0 Å². The molecule has 4 bridgehead atoms. The maximum absolute atomic E-state index is 14.5. The Morgan fingerprint density at radius 2 is 1.71 bits per heavy atom. The molecule has 1 aromatic rings. The van der Waals surface area contributed by atoms with Gasteiger partial charge in [-0.25, -0.2) is 8.42 Å². The van der Waals surface area contributed by atoms with Crippen molar-refractivity contribution in [2.45, 2.75) is 121 Å². The molecule has 8 heteroatoms. The Kier molecular flexibility index (Phi) is 11.6. The van der Waals surface area contributed by atoms with Crippen LogP contribution in [0.3, 0.4) is 0 Å². The van der Waals surface area contributed by atoms with Crippen molar-refractivity contribution in [2.75, 3.05) is 26.7 Å². The number of unbranched alkanes of at least 4 members (excludes halogenated alkanes) is 1. The van der Waals surface area contributed by atoms with Crippen LogP contribution in [0.1, 0.15) is 108 Å². The molecule has 3 aliphatic heterocycles. The van der Waals surface area contributed by atoms with Crippen LogP contribution in [0.2, 0.25) is 0 Å². The van der Waals surface area contributed by atoms with Crippen molar-refractivity contribution in [3.05, 3.63) is 53.6 Å². The van der Waals surface area contributed by atoms with E-state index in [0.717, 1.165) is 69.9 Å². The number of nitrogens with zero attached hydrogens (tertiary/aromatic N) is 2. The van der Waals surface area contributed by atoms with E-state index in [-0.39, 0.29) is 23.3 Å². The second kappa shape index (κ2) is 15.4. The topological polar surface area (TPSA) is 84.0 Å². The number of hydrogen-bond acceptors (Lipinski definition) is 5. The zero-order valence-corrected chi connectivity index (χ0v) is 28.4. The van der Waals surface area contributed by atoms with Crippen LogP contribution >= 0.6 is 0 Å². The van der Waals surface area contributed by atoms with Crippen LogP contribution in [0.5, 0.6) is 0 Å². The van der Waals surface area contributed by atoms with Crippen LogP contribution in [0.15, 0.2) is 53.0 Å². The molecule has 1 saturated carbocycles. The summed E-state index contributed by atoms with van der Waals surface area (Å²) in [5.74, 6) is 0.862. The highest BCUT2D eigenvalue weighted by molar-refractivity contribution is 7.89. The molecule has 3 saturated heterocycles. The second-order valence-corrected chi connectivity index (χ2v) is 16.0. The lowest BCUT2D eigenvalue weighted by molar-refractivity contribution is -0.146. The maximum Gasteiger partial charge on any atom is 0.305 e. The number of methoxy groups -OCH3 is 1. The normalized spacial score (nSPS) is 29.5. The van der Waals surface area contributed by atoms with E-state index < -0.39 is 10.0 Å². The first-order valence-corrected chi connectivity index (χ1v) is 18.9. The lowest BCUT2D eigenvalue weighted by atomic mass is 9.55. The molecule has 1 aliphatic carbocycles. The number of esters is 1. The summed E-state index contributed by atoms with van der Waals surface area (Å²) in [5, 5.41) is 0. The van der Waals surface area contributed by atoms with Gasteiger partial charge in [-0.1, -0.05) is 86.4 Å². The largest absolute Gasteiger partial charge is 0.469 e. The van der Waals surface area contributed by atoms with Gasteiger partial charge in [-0.2, -0.15) is 4.31 Å². The number of rotatable bonds is 8. The van der Waals surface area contributed by atoms with Crippen molar-refractivity contribution in [3.8, 4) is 0 Å². The summed E-state index contributed by atoms with van der Waals surface area (Å²) in [5.41, 5.74) is 2.03. The van der Waals surface area contributed by atoms with Crippen molar-refractivity contribution < 1.29 is 22.7 Å². The minimum absolute atomic E-state index is 0.147. The molecular weight excluding hydrogens is 584 g/mol. The third kappa shape index (κ3) is 8.10. The zero-order chi connectivity index (χ0) is 31.9. The SMILES string of the molecule is COC(=O)CCC/C=C\C/C=C1/C[C@@H]2CN3C[C@]4(CCCCCCCCCCC3=O)CN(S(=O)(=O)c3ccc(C)cc3)[C@H]1C[C@H]24. The van der Waals surface area contributed by atoms with Crippen molar-refractivity contribution in [1.82, 2.24) is 9.21 Å². The molecular formula is C37H54N2O5S. The van der Waals surface area contributed by atoms with Gasteiger partial charge in [0.25, 0.3) is 0 Å². The Bertz CT molecular complexity index is 1340. The Hall–Kier alpha value is -2.45. The van der Waals surface area contributed by atoms with Gasteiger partial charge in [0.2, 0.25) is 15.9 Å². The number of amides is 1. The molecule has 3 heterocycles. The molecule has 248 valence electrons. The van der Waals surface area contributed by atoms with Gasteiger partial charge in [0.05, 0.1) is 12.0 Å². The summed E-state index contributed by atoms with van der Waals surface area (Å²) in [4.78, 5) is 27.6. The fraction of sp³-hybridized carbons (Fsp3) is 0.676. The number of ether oxygens (including phenoxy) is 1. The summed E-state index contributed by atoms with van der Waals surface area (Å²) in [6.45, 7) is 3.95. The maximum atomic E-state index is 14.5. The van der Waals surface area contributed by atoms with Crippen molar-refractivity contribution in [3.63, 3.8) is 0 Å². The van der Waals surface area contributed by atoms with E-state index in [0.29, 0.717) is 42.7 Å². The molecule has 0 N–H and O–H groups in total. The summed E-state index contributed by atoms with van der Waals surface area (Å²) in [6, 6.07) is 7.14. The van der Waals surface area contributed by atoms with Gasteiger partial charge in [0.1, 0.15) is 0 Å². The molecule has 4 aliphatic rings. The van der Waals surface area contributed by atoms with Gasteiger partial charge in [-0.05, 0) is 75.8 Å². The number of piperidine rings is 2. The fourth-order valence-electron chi connectivity index (χ4n) is 8.57. The van der Waals surface area contributed by atoms with Gasteiger partial charge in [-0.15, -0.1) is 0 Å². The van der Waals surface area contributed by atoms with E-state index in [1.54, 1.807) is 12.1 Å². The summed E-state index contributed by atoms with van der Waals surface area (Å²) < 4.78 is 35.5. The first kappa shape index (κ1) is 33.9. The molecule has 1 spiro atoms. The van der Waals surface area contributed by atoms with Gasteiger partial charge in [-0.3, -0.25) is 9.59 Å². The third-order valence-corrected chi connectivity index (χ3v) is 12.9. The highest BCUT2D eigenvalue weighted by Gasteiger charge is 2.58. The predicted molar refractivity (Wildman–Crippen MR) is 178 cm³/mol. The predicted octanol–water partition coefficient (Wildman–Crippen LogP) is 7.35. The number of benzene rings is 1. The molecule has 0 unspecified atom stereocenters. The molecule has 0 radical (unpaired) electrons. The fourth-order valence-corrected chi connectivity index (χ4v) is 10.3. The summed E-state index contributed by atoms with van der Waals surface area (Å²) >= 11 is 0. The van der Waals surface area contributed by atoms with Gasteiger partial charge in [0, 0.05) is 43.9 Å². The van der Waals surface area contributed by atoms with Crippen LogP contribution in [-0.2, 0) is 24.3 Å². The number of aryl methyl sites for hydroxylation is 1. The second-order valence-electron chi connectivity index (χ2n) is 14.1. The number of sulfonamides is 1. The average molecular weight is 639 g/mol. The standard InChI is InChI=1S/C37H54N2O5S/c1-29-19-21-32(22-20-29)45(42,43)39-28-37-23-15-11-6-4-3-5-9-13-17-35(40)38(27-37)26-31-24-30(34(39)25-33(31)37)16-12-8-7-10-14-18-36(41)44-2/h7-8,16,19-22,31,33-34H,3-6,9-15,17-18,23-28H2,1-2H3/b8-7-,30-16-/t31-,33-,34+,37-/m1/s1. The molecule has 1 aromatic carbocycles. The van der Waals surface area contributed by atoms with E-state index in [4.69, 9.17) is 4.74 Å². The summed E-state index contributed by atoms with van der Waals surface area (Å²) in [6.07, 6.45) is 21.7. The average Bonchev–Trinajstić information content (AvgIpc) is 3.03. The van der Waals surface area contributed by atoms with Crippen LogP contribution in [0.4, 0.5) is 0 Å². The molecule has 4 atom stereocenters. The zero-order valence-electron chi connectivity index (χ0n) is 27.6. The van der Waals surface area contributed by atoms with Crippen LogP contribution in [-0.4, -0.2) is 62.3 Å². The minimum Gasteiger partial charge on any atom is -0.469 e. The van der Waals surface area contributed by atoms with Gasteiger partial charge >= 0.3 is 5.97 Å². The first-order valence-electron chi connectivity index (χ1n) is 17.5. The first-order chi connectivity index (χ1) is 21.7. The van der Waals surface area contributed by atoms with E-state index in [2.05, 4.69) is 23.1 Å². The van der Waals surface area contributed by atoms with Gasteiger partial charge < -0.3 is 9.64 Å². The highest BCUT2D eigenvalue weighted by Crippen LogP contribution is 2.56. The van der Waals surface area contributed by atoms with Crippen LogP contribution < -0.4 is 0 Å². The lowest BCUT2D eigenvalue weighted by Gasteiger charge is -2.61. The lowest BCUT2D eigenvalue weighted by Crippen LogP contribution is -2.67. The van der Waals surface area contributed by atoms with Crippen LogP contribution in [0, 0.1) is 24.2 Å². The number of carbonyl (C=O) groups excluding carboxylic acids is 2. The monoisotopic (exact) mass is 638 g/mol. The number of allylic oxidation sites excluding steroid dienone is 3. The molecule has 45 heavy (non-hydrogen) atoms. The number of carbonyl (C=O) groups is 2. The number of fused-ring (bicyclic) bond motifs is 2. The molecule has 5 rings (SSSR count). The van der Waals surface area contributed by atoms with Crippen molar-refractivity contribution in [1.29, 1.82) is 0 Å². The molecule has 0 aromatic heterocycles. The minimum atomic E-state index is -3.74. The summed E-state index contributed by atoms with van der Waals surface area (Å²) in [7, 11) is -2.33. The molecule has 7 nitrogen and oxygen atoms in total. The Labute approximate surface area is 271 Å². The third-order valence-electron chi connectivity index (χ3n) is 11.0. The quantitative estimate of drug-likeness (QED) is 0.169. The van der Waals surface area contributed by atoms with Crippen molar-refractivity contribution in [2.24, 2.45) is 17.3 Å². The number of hydrogen-bond donors (Lipinski definition) is 0. The van der Waals surface area contributed by atoms with Gasteiger partial charge in [0.15, 0.2) is 0 Å². The van der Waals surface area contributed by atoms with E-state index in [9.17, 15) is 18.0 Å². The smallest absolute Gasteiger partial charge is 0.305 e. The van der Waals surface area contributed by atoms with Crippen molar-refractivity contribution >= 4 is 21.9 Å². The van der Waals surface area contributed by atoms with E-state index in [1.165, 1.54) is 44.8 Å². The highest BCUT2D eigenvalue weighted by atomic mass is 32.2. The Morgan fingerprint density at radius 1 is 1.00 bits per heavy atom. The molecule has 1 amide bonds. The molecule has 4 fully saturated rings. The van der Waals surface area contributed by atoms with E-state index in [1.807, 2.05) is 23.4 Å². The Morgan fingerprint density at radius 3 is 2.44 bits per heavy atom. The Balaban J connectivity index is 1.45. The van der Waals surface area contributed by atoms with E-state index >= 15 is 0 Å².